The van der Waals surface area contributed by atoms with Gasteiger partial charge in [0.05, 0.1) is 33.5 Å². The Morgan fingerprint density at radius 1 is 0.774 bits per heavy atom. The Morgan fingerprint density at radius 2 is 1.36 bits per heavy atom. The quantitative estimate of drug-likeness (QED) is 0.195. The molecule has 0 saturated carbocycles. The second-order valence-electron chi connectivity index (χ2n) is 13.0. The van der Waals surface area contributed by atoms with Crippen molar-refractivity contribution in [1.29, 1.82) is 0 Å². The molecule has 4 amide bonds. The molecular weight excluding hydrogens is 676 g/mol. The van der Waals surface area contributed by atoms with Gasteiger partial charge in [0, 0.05) is 42.9 Å². The summed E-state index contributed by atoms with van der Waals surface area (Å²) in [7, 11) is 0. The average molecular weight is 717 g/mol. The van der Waals surface area contributed by atoms with E-state index in [4.69, 9.17) is 16.5 Å². The van der Waals surface area contributed by atoms with Crippen molar-refractivity contribution in [2.75, 3.05) is 10.6 Å². The van der Waals surface area contributed by atoms with Crippen LogP contribution < -0.4 is 22.1 Å². The van der Waals surface area contributed by atoms with Gasteiger partial charge in [0.1, 0.15) is 11.4 Å². The van der Waals surface area contributed by atoms with Gasteiger partial charge in [0.25, 0.3) is 11.8 Å². The van der Waals surface area contributed by atoms with E-state index in [2.05, 4.69) is 25.8 Å². The highest BCUT2D eigenvalue weighted by Crippen LogP contribution is 2.26. The van der Waals surface area contributed by atoms with E-state index < -0.39 is 11.8 Å². The molecule has 2 aromatic carbocycles. The van der Waals surface area contributed by atoms with Crippen LogP contribution in [0.5, 0.6) is 0 Å². The first-order valence-corrected chi connectivity index (χ1v) is 17.5. The first-order chi connectivity index (χ1) is 25.5. The van der Waals surface area contributed by atoms with E-state index in [1.165, 1.54) is 0 Å². The fourth-order valence-corrected chi connectivity index (χ4v) is 6.85. The number of imidazole rings is 2. The summed E-state index contributed by atoms with van der Waals surface area (Å²) >= 11 is 0. The van der Waals surface area contributed by atoms with Crippen LogP contribution in [0.25, 0.3) is 22.1 Å². The van der Waals surface area contributed by atoms with Gasteiger partial charge in [0.15, 0.2) is 0 Å². The predicted molar refractivity (Wildman–Crippen MR) is 199 cm³/mol. The van der Waals surface area contributed by atoms with Crippen molar-refractivity contribution < 1.29 is 19.2 Å². The van der Waals surface area contributed by atoms with Gasteiger partial charge in [-0.15, -0.1) is 0 Å². The number of rotatable bonds is 3. The summed E-state index contributed by atoms with van der Waals surface area (Å²) in [5.41, 5.74) is 17.3. The highest BCUT2D eigenvalue weighted by atomic mass is 16.2. The lowest BCUT2D eigenvalue weighted by Crippen LogP contribution is -2.21. The third-order valence-corrected chi connectivity index (χ3v) is 9.46. The fraction of sp³-hybridized carbons (Fsp3) is 0.297. The summed E-state index contributed by atoms with van der Waals surface area (Å²) in [6.07, 6.45) is 6.79. The van der Waals surface area contributed by atoms with Crippen LogP contribution in [0.3, 0.4) is 0 Å². The molecule has 0 fully saturated rings. The number of hydrogen-bond acceptors (Lipinski definition) is 8. The SMILES string of the molecule is CCn1nc(C)c2c1C(=O)Nc1nc3cc(C(N)=O)ccc3n1CC=CCn1c(nc3cc(C(N)=O)ccc31)NC(=O)c1cc(C)nn1CCCCC2. The van der Waals surface area contributed by atoms with E-state index in [1.807, 2.05) is 42.1 Å². The molecule has 272 valence electrons. The Labute approximate surface area is 303 Å². The molecule has 16 heteroatoms. The number of fused-ring (bicyclic) bond motifs is 8. The van der Waals surface area contributed by atoms with Gasteiger partial charge in [0.2, 0.25) is 23.7 Å². The summed E-state index contributed by atoms with van der Waals surface area (Å²) in [4.78, 5) is 61.2. The Bertz CT molecular complexity index is 2460. The summed E-state index contributed by atoms with van der Waals surface area (Å²) in [6.45, 7) is 7.30. The Hall–Kier alpha value is -6.58. The number of amides is 4. The van der Waals surface area contributed by atoms with Crippen molar-refractivity contribution in [3.63, 3.8) is 0 Å². The number of allylic oxidation sites excluding steroid dienone is 2. The molecule has 7 rings (SSSR count). The van der Waals surface area contributed by atoms with Crippen LogP contribution in [0, 0.1) is 13.8 Å². The van der Waals surface area contributed by atoms with Crippen LogP contribution in [0.1, 0.15) is 84.8 Å². The van der Waals surface area contributed by atoms with Gasteiger partial charge < -0.3 is 20.6 Å². The molecule has 0 unspecified atom stereocenters. The van der Waals surface area contributed by atoms with Crippen molar-refractivity contribution in [2.45, 2.75) is 72.6 Å². The third-order valence-electron chi connectivity index (χ3n) is 9.46. The highest BCUT2D eigenvalue weighted by Gasteiger charge is 2.24. The van der Waals surface area contributed by atoms with Gasteiger partial charge in [-0.05, 0) is 82.5 Å². The summed E-state index contributed by atoms with van der Waals surface area (Å²) in [5, 5.41) is 15.3. The van der Waals surface area contributed by atoms with Crippen LogP contribution in [0.15, 0.2) is 54.6 Å². The zero-order valence-electron chi connectivity index (χ0n) is 29.7. The standard InChI is InChI=1S/C37H40N12O4/c1-4-48-31-25(22(3)45-48)10-6-5-7-17-49-30(18-21(2)44-49)34(52)42-36-40-26-19-23(32(38)50)11-13-28(26)46(36)15-8-9-16-47-29-14-12-24(33(39)51)20-27(29)41-37(47)43-35(31)53/h8-9,11-14,18-20H,4-7,10,15-17H2,1-3H3,(H2,38,50)(H2,39,51)(H,40,42,52)(H,41,43,53). The Morgan fingerprint density at radius 3 is 1.92 bits per heavy atom. The van der Waals surface area contributed by atoms with Gasteiger partial charge in [-0.1, -0.05) is 18.6 Å². The van der Waals surface area contributed by atoms with E-state index in [0.717, 1.165) is 30.5 Å². The van der Waals surface area contributed by atoms with Crippen molar-refractivity contribution in [3.8, 4) is 0 Å². The predicted octanol–water partition coefficient (Wildman–Crippen LogP) is 4.10. The number of carbonyl (C=O) groups is 4. The Balaban J connectivity index is 1.31. The minimum Gasteiger partial charge on any atom is -0.366 e. The second kappa shape index (κ2) is 14.2. The van der Waals surface area contributed by atoms with E-state index in [0.29, 0.717) is 88.8 Å². The fourth-order valence-electron chi connectivity index (χ4n) is 6.85. The molecule has 0 spiro atoms. The largest absolute Gasteiger partial charge is 0.366 e. The second-order valence-corrected chi connectivity index (χ2v) is 13.0. The highest BCUT2D eigenvalue weighted by molar-refractivity contribution is 6.05. The van der Waals surface area contributed by atoms with Crippen molar-refractivity contribution >= 4 is 57.6 Å². The minimum absolute atomic E-state index is 0.283. The minimum atomic E-state index is -0.588. The van der Waals surface area contributed by atoms with Gasteiger partial charge >= 0.3 is 0 Å². The van der Waals surface area contributed by atoms with Gasteiger partial charge in [-0.3, -0.25) is 39.2 Å². The third kappa shape index (κ3) is 6.78. The van der Waals surface area contributed by atoms with E-state index >= 15 is 0 Å². The maximum atomic E-state index is 14.1. The van der Waals surface area contributed by atoms with Crippen molar-refractivity contribution in [2.24, 2.45) is 11.5 Å². The molecule has 5 heterocycles. The van der Waals surface area contributed by atoms with Gasteiger partial charge in [-0.25, -0.2) is 9.97 Å². The smallest absolute Gasteiger partial charge is 0.276 e. The maximum Gasteiger partial charge on any atom is 0.276 e. The molecule has 0 radical (unpaired) electrons. The number of benzene rings is 2. The normalized spacial score (nSPS) is 14.5. The van der Waals surface area contributed by atoms with Crippen molar-refractivity contribution in [3.05, 3.63) is 94.1 Å². The zero-order valence-corrected chi connectivity index (χ0v) is 29.7. The average Bonchev–Trinajstić information content (AvgIpc) is 3.86. The summed E-state index contributed by atoms with van der Waals surface area (Å²) in [5.74, 6) is -1.31. The number of anilines is 2. The van der Waals surface area contributed by atoms with Crippen LogP contribution in [-0.4, -0.2) is 62.3 Å². The van der Waals surface area contributed by atoms with Crippen LogP contribution >= 0.6 is 0 Å². The Kier molecular flexibility index (Phi) is 9.34. The molecule has 16 nitrogen and oxygen atoms in total. The molecule has 0 bridgehead atoms. The molecule has 6 aromatic rings. The van der Waals surface area contributed by atoms with E-state index in [1.54, 1.807) is 51.8 Å². The molecule has 0 saturated heterocycles. The molecule has 53 heavy (non-hydrogen) atoms. The maximum absolute atomic E-state index is 14.1. The number of nitrogens with one attached hydrogen (secondary N) is 2. The molecular formula is C37H40N12O4. The lowest BCUT2D eigenvalue weighted by molar-refractivity contribution is 0.0992. The summed E-state index contributed by atoms with van der Waals surface area (Å²) < 4.78 is 7.09. The zero-order chi connectivity index (χ0) is 37.4. The van der Waals surface area contributed by atoms with E-state index in [-0.39, 0.29) is 17.8 Å². The molecule has 6 N–H and O–H groups in total. The molecule has 1 aliphatic heterocycles. The number of nitrogens with two attached hydrogens (primary N) is 2. The molecule has 0 atom stereocenters. The number of aromatic nitrogens is 8. The number of nitrogens with zero attached hydrogens (tertiary/aromatic N) is 8. The number of carbonyl (C=O) groups excluding carboxylic acids is 4. The molecule has 1 aliphatic rings. The lowest BCUT2D eigenvalue weighted by atomic mass is 10.0. The summed E-state index contributed by atoms with van der Waals surface area (Å²) in [6, 6.07) is 11.7. The number of primary amides is 2. The van der Waals surface area contributed by atoms with Crippen LogP contribution in [-0.2, 0) is 32.6 Å². The van der Waals surface area contributed by atoms with E-state index in [9.17, 15) is 19.2 Å². The number of aryl methyl sites for hydroxylation is 4. The monoisotopic (exact) mass is 716 g/mol. The first kappa shape index (κ1) is 34.9. The number of hydrogen-bond donors (Lipinski definition) is 4. The lowest BCUT2D eigenvalue weighted by Gasteiger charge is -2.11. The molecule has 0 aliphatic carbocycles. The first-order valence-electron chi connectivity index (χ1n) is 17.5. The van der Waals surface area contributed by atoms with Crippen molar-refractivity contribution in [1.82, 2.24) is 38.7 Å². The molecule has 4 aromatic heterocycles. The topological polar surface area (TPSA) is 216 Å². The van der Waals surface area contributed by atoms with Crippen LogP contribution in [0.4, 0.5) is 11.9 Å². The van der Waals surface area contributed by atoms with Gasteiger partial charge in [-0.2, -0.15) is 10.2 Å². The van der Waals surface area contributed by atoms with Crippen LogP contribution in [0.2, 0.25) is 0 Å².